The first-order chi connectivity index (χ1) is 5.77. The molecule has 0 aromatic carbocycles. The summed E-state index contributed by atoms with van der Waals surface area (Å²) in [5, 5.41) is 23.2. The third-order valence-corrected chi connectivity index (χ3v) is 2.17. The number of nitrogens with one attached hydrogen (secondary N) is 1. The van der Waals surface area contributed by atoms with E-state index in [1.54, 1.807) is 11.7 Å². The summed E-state index contributed by atoms with van der Waals surface area (Å²) in [6, 6.07) is 0.120. The molecule has 0 unspecified atom stereocenters. The van der Waals surface area contributed by atoms with Crippen molar-refractivity contribution in [3.8, 4) is 0 Å². The highest BCUT2D eigenvalue weighted by Crippen LogP contribution is 2.22. The Morgan fingerprint density at radius 3 is 2.83 bits per heavy atom. The Bertz CT molecular complexity index is 273. The van der Waals surface area contributed by atoms with Crippen LogP contribution in [0.5, 0.6) is 0 Å². The summed E-state index contributed by atoms with van der Waals surface area (Å²) in [7, 11) is 1.76. The van der Waals surface area contributed by atoms with Crippen LogP contribution in [0, 0.1) is 0 Å². The fourth-order valence-electron chi connectivity index (χ4n) is 1.17. The number of anilines is 1. The lowest BCUT2D eigenvalue weighted by Gasteiger charge is -2.32. The maximum atomic E-state index is 9.26. The minimum absolute atomic E-state index is 0.120. The Hall–Kier alpha value is -1.17. The van der Waals surface area contributed by atoms with E-state index in [-0.39, 0.29) is 12.1 Å². The summed E-state index contributed by atoms with van der Waals surface area (Å²) in [4.78, 5) is 0. The van der Waals surface area contributed by atoms with Gasteiger partial charge in [0, 0.05) is 7.05 Å². The van der Waals surface area contributed by atoms with Crippen molar-refractivity contribution in [2.45, 2.75) is 25.0 Å². The molecule has 12 heavy (non-hydrogen) atoms. The fraction of sp³-hybridized carbons (Fsp3) is 0.833. The number of rotatable bonds is 2. The summed E-state index contributed by atoms with van der Waals surface area (Å²) in [6.07, 6.45) is 1.60. The molecular formula is C6H11N5O. The summed E-state index contributed by atoms with van der Waals surface area (Å²) in [6.45, 7) is 0. The number of hydrogen-bond donors (Lipinski definition) is 2. The van der Waals surface area contributed by atoms with Crippen LogP contribution in [0.25, 0.3) is 0 Å². The summed E-state index contributed by atoms with van der Waals surface area (Å²) in [5.41, 5.74) is 0. The van der Waals surface area contributed by atoms with E-state index in [1.165, 1.54) is 0 Å². The molecule has 2 rings (SSSR count). The zero-order valence-electron chi connectivity index (χ0n) is 6.80. The molecule has 0 bridgehead atoms. The Balaban J connectivity index is 1.99. The van der Waals surface area contributed by atoms with Crippen molar-refractivity contribution in [2.24, 2.45) is 7.05 Å². The molecule has 0 saturated heterocycles. The van der Waals surface area contributed by atoms with Crippen molar-refractivity contribution in [2.75, 3.05) is 5.32 Å². The number of aliphatic hydroxyl groups is 1. The second-order valence-electron chi connectivity index (χ2n) is 3.02. The second kappa shape index (κ2) is 2.71. The molecule has 6 heteroatoms. The minimum atomic E-state index is -0.248. The molecule has 1 aliphatic carbocycles. The minimum Gasteiger partial charge on any atom is -0.391 e. The normalized spacial score (nSPS) is 28.2. The van der Waals surface area contributed by atoms with E-state index >= 15 is 0 Å². The first-order valence-corrected chi connectivity index (χ1v) is 3.94. The average Bonchev–Trinajstić information content (AvgIpc) is 2.44. The SMILES string of the molecule is Cn1nnnc1N[C@@H]1CC[C@H]1O. The van der Waals surface area contributed by atoms with Crippen LogP contribution in [0.15, 0.2) is 0 Å². The molecule has 1 heterocycles. The topological polar surface area (TPSA) is 75.9 Å². The lowest BCUT2D eigenvalue weighted by molar-refractivity contribution is 0.0781. The molecule has 0 aliphatic heterocycles. The highest BCUT2D eigenvalue weighted by atomic mass is 16.3. The van der Waals surface area contributed by atoms with Crippen molar-refractivity contribution >= 4 is 5.95 Å². The van der Waals surface area contributed by atoms with Gasteiger partial charge in [0.05, 0.1) is 12.1 Å². The van der Waals surface area contributed by atoms with Gasteiger partial charge in [-0.1, -0.05) is 5.10 Å². The molecule has 2 N–H and O–H groups in total. The predicted octanol–water partition coefficient (Wildman–Crippen LogP) is -0.855. The van der Waals surface area contributed by atoms with Crippen LogP contribution in [-0.2, 0) is 7.05 Å². The van der Waals surface area contributed by atoms with Crippen molar-refractivity contribution in [3.05, 3.63) is 0 Å². The van der Waals surface area contributed by atoms with Gasteiger partial charge in [-0.3, -0.25) is 0 Å². The summed E-state index contributed by atoms with van der Waals surface area (Å²) >= 11 is 0. The number of hydrogen-bond acceptors (Lipinski definition) is 5. The van der Waals surface area contributed by atoms with Gasteiger partial charge >= 0.3 is 0 Å². The van der Waals surface area contributed by atoms with Gasteiger partial charge in [-0.05, 0) is 23.3 Å². The van der Waals surface area contributed by atoms with E-state index in [0.717, 1.165) is 12.8 Å². The van der Waals surface area contributed by atoms with Crippen LogP contribution in [0.4, 0.5) is 5.95 Å². The molecule has 0 spiro atoms. The van der Waals surface area contributed by atoms with Gasteiger partial charge in [-0.25, -0.2) is 4.68 Å². The number of aryl methyl sites for hydroxylation is 1. The number of tetrazole rings is 1. The summed E-state index contributed by atoms with van der Waals surface area (Å²) in [5.74, 6) is 0.610. The van der Waals surface area contributed by atoms with Crippen molar-refractivity contribution in [1.82, 2.24) is 20.2 Å². The lowest BCUT2D eigenvalue weighted by atomic mass is 9.89. The zero-order valence-corrected chi connectivity index (χ0v) is 6.80. The molecule has 0 amide bonds. The van der Waals surface area contributed by atoms with Gasteiger partial charge in [-0.2, -0.15) is 0 Å². The van der Waals surface area contributed by atoms with Gasteiger partial charge in [0.2, 0.25) is 5.95 Å². The van der Waals surface area contributed by atoms with E-state index in [4.69, 9.17) is 0 Å². The van der Waals surface area contributed by atoms with Crippen molar-refractivity contribution in [1.29, 1.82) is 0 Å². The Morgan fingerprint density at radius 2 is 2.42 bits per heavy atom. The number of aliphatic hydroxyl groups excluding tert-OH is 1. The molecule has 2 atom stereocenters. The fourth-order valence-corrected chi connectivity index (χ4v) is 1.17. The van der Waals surface area contributed by atoms with E-state index in [0.29, 0.717) is 5.95 Å². The third kappa shape index (κ3) is 1.14. The Kier molecular flexibility index (Phi) is 1.69. The molecule has 0 radical (unpaired) electrons. The molecule has 1 aliphatic rings. The molecule has 1 fully saturated rings. The van der Waals surface area contributed by atoms with Crippen molar-refractivity contribution < 1.29 is 5.11 Å². The van der Waals surface area contributed by atoms with Crippen LogP contribution in [0.1, 0.15) is 12.8 Å². The largest absolute Gasteiger partial charge is 0.391 e. The molecular weight excluding hydrogens is 158 g/mol. The quantitative estimate of drug-likeness (QED) is 0.602. The Labute approximate surface area is 69.6 Å². The zero-order chi connectivity index (χ0) is 8.55. The predicted molar refractivity (Wildman–Crippen MR) is 41.4 cm³/mol. The van der Waals surface area contributed by atoms with E-state index < -0.39 is 0 Å². The van der Waals surface area contributed by atoms with Gasteiger partial charge in [-0.15, -0.1) is 0 Å². The van der Waals surface area contributed by atoms with Crippen LogP contribution in [-0.4, -0.2) is 37.5 Å². The van der Waals surface area contributed by atoms with Crippen LogP contribution in [0.3, 0.4) is 0 Å². The molecule has 66 valence electrons. The Morgan fingerprint density at radius 1 is 1.58 bits per heavy atom. The van der Waals surface area contributed by atoms with E-state index in [2.05, 4.69) is 20.8 Å². The van der Waals surface area contributed by atoms with Gasteiger partial charge in [0.1, 0.15) is 0 Å². The van der Waals surface area contributed by atoms with E-state index in [9.17, 15) is 5.11 Å². The smallest absolute Gasteiger partial charge is 0.242 e. The van der Waals surface area contributed by atoms with E-state index in [1.807, 2.05) is 0 Å². The van der Waals surface area contributed by atoms with Crippen LogP contribution < -0.4 is 5.32 Å². The van der Waals surface area contributed by atoms with Crippen LogP contribution in [0.2, 0.25) is 0 Å². The standard InChI is InChI=1S/C6H11N5O/c1-11-6(8-9-10-11)7-4-2-3-5(4)12/h4-5,12H,2-3H2,1H3,(H,7,8,10)/t4-,5-/m1/s1. The number of nitrogens with zero attached hydrogens (tertiary/aromatic N) is 4. The maximum Gasteiger partial charge on any atom is 0.242 e. The van der Waals surface area contributed by atoms with Crippen LogP contribution >= 0.6 is 0 Å². The van der Waals surface area contributed by atoms with Gasteiger partial charge < -0.3 is 10.4 Å². The monoisotopic (exact) mass is 169 g/mol. The third-order valence-electron chi connectivity index (χ3n) is 2.17. The molecule has 1 aromatic rings. The van der Waals surface area contributed by atoms with Crippen molar-refractivity contribution in [3.63, 3.8) is 0 Å². The molecule has 6 nitrogen and oxygen atoms in total. The highest BCUT2D eigenvalue weighted by molar-refractivity contribution is 5.25. The maximum absolute atomic E-state index is 9.26. The first kappa shape index (κ1) is 7.48. The van der Waals surface area contributed by atoms with Gasteiger partial charge in [0.15, 0.2) is 0 Å². The van der Waals surface area contributed by atoms with Gasteiger partial charge in [0.25, 0.3) is 0 Å². The highest BCUT2D eigenvalue weighted by Gasteiger charge is 2.29. The average molecular weight is 169 g/mol. The molecule has 1 saturated carbocycles. The second-order valence-corrected chi connectivity index (χ2v) is 3.02. The first-order valence-electron chi connectivity index (χ1n) is 3.94. The summed E-state index contributed by atoms with van der Waals surface area (Å²) < 4.78 is 1.55. The lowest BCUT2D eigenvalue weighted by Crippen LogP contribution is -2.43. The number of aromatic nitrogens is 4. The molecule has 1 aromatic heterocycles.